The summed E-state index contributed by atoms with van der Waals surface area (Å²) in [6.45, 7) is 12.9. The molecule has 2 aliphatic rings. The van der Waals surface area contributed by atoms with E-state index in [4.69, 9.17) is 16.3 Å². The first kappa shape index (κ1) is 19.8. The zero-order chi connectivity index (χ0) is 18.6. The van der Waals surface area contributed by atoms with Crippen LogP contribution in [0.2, 0.25) is 0 Å². The smallest absolute Gasteiger partial charge is 0.117 e. The van der Waals surface area contributed by atoms with Crippen LogP contribution in [-0.2, 0) is 4.74 Å². The van der Waals surface area contributed by atoms with Gasteiger partial charge in [0.15, 0.2) is 0 Å². The van der Waals surface area contributed by atoms with Gasteiger partial charge in [0, 0.05) is 32.8 Å². The van der Waals surface area contributed by atoms with Gasteiger partial charge in [-0.3, -0.25) is 9.80 Å². The normalized spacial score (nSPS) is 24.2. The maximum atomic E-state index is 7.34. The Kier molecular flexibility index (Phi) is 6.76. The van der Waals surface area contributed by atoms with Crippen LogP contribution in [0.5, 0.6) is 0 Å². The van der Waals surface area contributed by atoms with Crippen LogP contribution < -0.4 is 5.32 Å². The van der Waals surface area contributed by atoms with Crippen molar-refractivity contribution in [1.82, 2.24) is 15.1 Å². The van der Waals surface area contributed by atoms with E-state index < -0.39 is 5.00 Å². The van der Waals surface area contributed by atoms with E-state index in [-0.39, 0.29) is 6.04 Å². The van der Waals surface area contributed by atoms with Crippen LogP contribution in [0, 0.1) is 0 Å². The van der Waals surface area contributed by atoms with Crippen molar-refractivity contribution in [2.75, 3.05) is 46.1 Å². The maximum absolute atomic E-state index is 7.34. The topological polar surface area (TPSA) is 27.7 Å². The zero-order valence-electron chi connectivity index (χ0n) is 16.3. The monoisotopic (exact) mass is 377 g/mol. The summed E-state index contributed by atoms with van der Waals surface area (Å²) >= 11 is 7.34. The molecule has 0 aromatic heterocycles. The highest BCUT2D eigenvalue weighted by molar-refractivity contribution is 6.25. The van der Waals surface area contributed by atoms with Crippen LogP contribution in [-0.4, -0.2) is 60.9 Å². The molecule has 1 N–H and O–H groups in total. The zero-order valence-corrected chi connectivity index (χ0v) is 17.1. The number of hydrogen-bond donors (Lipinski definition) is 1. The van der Waals surface area contributed by atoms with Crippen molar-refractivity contribution in [3.05, 3.63) is 47.0 Å². The number of allylic oxidation sites excluding steroid dienone is 1. The summed E-state index contributed by atoms with van der Waals surface area (Å²) in [5.74, 6) is 0. The Morgan fingerprint density at radius 3 is 2.50 bits per heavy atom. The largest absolute Gasteiger partial charge is 0.379 e. The third-order valence-corrected chi connectivity index (χ3v) is 6.17. The summed E-state index contributed by atoms with van der Waals surface area (Å²) in [6.07, 6.45) is 1.01. The Labute approximate surface area is 163 Å². The molecule has 0 bridgehead atoms. The van der Waals surface area contributed by atoms with E-state index in [0.717, 1.165) is 52.5 Å². The minimum absolute atomic E-state index is 0.191. The second-order valence-corrected chi connectivity index (χ2v) is 8.12. The van der Waals surface area contributed by atoms with E-state index in [0.29, 0.717) is 0 Å². The molecule has 2 aliphatic heterocycles. The van der Waals surface area contributed by atoms with Crippen molar-refractivity contribution in [1.29, 1.82) is 0 Å². The van der Waals surface area contributed by atoms with E-state index in [1.54, 1.807) is 0 Å². The first-order chi connectivity index (χ1) is 12.6. The molecule has 1 aromatic rings. The van der Waals surface area contributed by atoms with Gasteiger partial charge in [-0.25, -0.2) is 0 Å². The van der Waals surface area contributed by atoms with E-state index in [1.807, 2.05) is 0 Å². The molecule has 5 heteroatoms. The van der Waals surface area contributed by atoms with Gasteiger partial charge in [-0.15, -0.1) is 0 Å². The molecule has 0 amide bonds. The van der Waals surface area contributed by atoms with Crippen LogP contribution >= 0.6 is 11.6 Å². The minimum atomic E-state index is -0.521. The van der Waals surface area contributed by atoms with Gasteiger partial charge in [-0.2, -0.15) is 0 Å². The molecule has 0 saturated carbocycles. The number of alkyl halides is 1. The molecule has 26 heavy (non-hydrogen) atoms. The Morgan fingerprint density at radius 2 is 1.92 bits per heavy atom. The number of nitrogens with zero attached hydrogens (tertiary/aromatic N) is 2. The van der Waals surface area contributed by atoms with E-state index in [9.17, 15) is 0 Å². The number of nitrogens with one attached hydrogen (secondary N) is 1. The highest BCUT2D eigenvalue weighted by Crippen LogP contribution is 2.43. The molecule has 4 nitrogen and oxygen atoms in total. The summed E-state index contributed by atoms with van der Waals surface area (Å²) in [4.78, 5) is 4.38. The molecule has 2 unspecified atom stereocenters. The third-order valence-electron chi connectivity index (χ3n) is 5.73. The van der Waals surface area contributed by atoms with Gasteiger partial charge in [-0.05, 0) is 31.4 Å². The second-order valence-electron chi connectivity index (χ2n) is 7.38. The van der Waals surface area contributed by atoms with E-state index >= 15 is 0 Å². The predicted molar refractivity (Wildman–Crippen MR) is 108 cm³/mol. The van der Waals surface area contributed by atoms with E-state index in [1.165, 1.54) is 16.7 Å². The lowest BCUT2D eigenvalue weighted by Gasteiger charge is -2.45. The van der Waals surface area contributed by atoms with Crippen LogP contribution in [0.3, 0.4) is 0 Å². The molecule has 3 rings (SSSR count). The van der Waals surface area contributed by atoms with Gasteiger partial charge in [0.05, 0.1) is 19.3 Å². The Bertz CT molecular complexity index is 605. The van der Waals surface area contributed by atoms with Crippen LogP contribution in [0.4, 0.5) is 0 Å². The Balaban J connectivity index is 2.06. The highest BCUT2D eigenvalue weighted by Gasteiger charge is 2.42. The quantitative estimate of drug-likeness (QED) is 0.465. The van der Waals surface area contributed by atoms with Crippen molar-refractivity contribution in [2.45, 2.75) is 38.2 Å². The molecule has 2 fully saturated rings. The fourth-order valence-electron chi connectivity index (χ4n) is 4.16. The molecular formula is C21H32ClN3O. The summed E-state index contributed by atoms with van der Waals surface area (Å²) in [5, 5.41) is 3.49. The summed E-state index contributed by atoms with van der Waals surface area (Å²) < 4.78 is 5.57. The number of hydrogen-bond acceptors (Lipinski definition) is 4. The standard InChI is InChI=1S/C21H32ClN3O/c1-4-17(2)19(21(3,22)25-12-14-26-15-13-25)20(24-11-10-23-16-24)18-8-6-5-7-9-18/h5-9,20,23H,4,10-16H2,1-3H3. The lowest BCUT2D eigenvalue weighted by Crippen LogP contribution is -2.52. The van der Waals surface area contributed by atoms with Gasteiger partial charge in [-0.1, -0.05) is 54.4 Å². The predicted octanol–water partition coefficient (Wildman–Crippen LogP) is 3.60. The number of ether oxygens (including phenoxy) is 1. The van der Waals surface area contributed by atoms with Crippen LogP contribution in [0.1, 0.15) is 38.8 Å². The average molecular weight is 378 g/mol. The van der Waals surface area contributed by atoms with Gasteiger partial charge in [0.25, 0.3) is 0 Å². The van der Waals surface area contributed by atoms with Gasteiger partial charge >= 0.3 is 0 Å². The molecular weight excluding hydrogens is 346 g/mol. The average Bonchev–Trinajstić information content (AvgIpc) is 3.21. The first-order valence-electron chi connectivity index (χ1n) is 9.77. The summed E-state index contributed by atoms with van der Waals surface area (Å²) in [6, 6.07) is 11.0. The van der Waals surface area contributed by atoms with Crippen molar-refractivity contribution in [2.24, 2.45) is 0 Å². The molecule has 1 aromatic carbocycles. The fourth-order valence-corrected chi connectivity index (χ4v) is 4.59. The Hall–Kier alpha value is -0.910. The molecule has 2 saturated heterocycles. The lowest BCUT2D eigenvalue weighted by atomic mass is 9.86. The third kappa shape index (κ3) is 4.15. The number of rotatable bonds is 6. The highest BCUT2D eigenvalue weighted by atomic mass is 35.5. The number of halogens is 1. The van der Waals surface area contributed by atoms with Crippen molar-refractivity contribution in [3.8, 4) is 0 Å². The fraction of sp³-hybridized carbons (Fsp3) is 0.619. The molecule has 0 radical (unpaired) electrons. The van der Waals surface area contributed by atoms with Crippen molar-refractivity contribution >= 4 is 11.6 Å². The van der Waals surface area contributed by atoms with Gasteiger partial charge < -0.3 is 10.1 Å². The van der Waals surface area contributed by atoms with E-state index in [2.05, 4.69) is 66.2 Å². The molecule has 144 valence electrons. The first-order valence-corrected chi connectivity index (χ1v) is 10.1. The SMILES string of the molecule is CCC(C)=C(C(c1ccccc1)N1CCNC1)C(C)(Cl)N1CCOCC1. The lowest BCUT2D eigenvalue weighted by molar-refractivity contribution is 0.0141. The van der Waals surface area contributed by atoms with Gasteiger partial charge in [0.2, 0.25) is 0 Å². The number of benzene rings is 1. The summed E-state index contributed by atoms with van der Waals surface area (Å²) in [7, 11) is 0. The summed E-state index contributed by atoms with van der Waals surface area (Å²) in [5.41, 5.74) is 4.03. The molecule has 0 aliphatic carbocycles. The minimum Gasteiger partial charge on any atom is -0.379 e. The van der Waals surface area contributed by atoms with Crippen LogP contribution in [0.25, 0.3) is 0 Å². The van der Waals surface area contributed by atoms with Crippen LogP contribution in [0.15, 0.2) is 41.5 Å². The Morgan fingerprint density at radius 1 is 1.23 bits per heavy atom. The molecule has 2 heterocycles. The molecule has 0 spiro atoms. The molecule has 2 atom stereocenters. The number of morpholine rings is 1. The maximum Gasteiger partial charge on any atom is 0.117 e. The second kappa shape index (κ2) is 8.85. The van der Waals surface area contributed by atoms with Crippen molar-refractivity contribution in [3.63, 3.8) is 0 Å². The van der Waals surface area contributed by atoms with Gasteiger partial charge in [0.1, 0.15) is 5.00 Å². The van der Waals surface area contributed by atoms with Crippen molar-refractivity contribution < 1.29 is 4.74 Å².